The van der Waals surface area contributed by atoms with Crippen molar-refractivity contribution in [3.8, 4) is 0 Å². The predicted octanol–water partition coefficient (Wildman–Crippen LogP) is 6.10. The first kappa shape index (κ1) is 18.4. The molecule has 0 unspecified atom stereocenters. The normalized spacial score (nSPS) is 11.5. The van der Waals surface area contributed by atoms with E-state index in [1.54, 1.807) is 6.20 Å². The van der Waals surface area contributed by atoms with Gasteiger partial charge in [-0.2, -0.15) is 0 Å². The van der Waals surface area contributed by atoms with Gasteiger partial charge in [-0.3, -0.25) is 9.55 Å². The summed E-state index contributed by atoms with van der Waals surface area (Å²) in [4.78, 5) is 4.48. The van der Waals surface area contributed by atoms with E-state index >= 15 is 0 Å². The molecule has 6 heteroatoms. The van der Waals surface area contributed by atoms with Crippen molar-refractivity contribution in [2.24, 2.45) is 0 Å². The average Bonchev–Trinajstić information content (AvgIpc) is 2.69. The van der Waals surface area contributed by atoms with Crippen molar-refractivity contribution in [2.45, 2.75) is 0 Å². The lowest BCUT2D eigenvalue weighted by Crippen LogP contribution is -2.22. The summed E-state index contributed by atoms with van der Waals surface area (Å²) < 4.78 is 16.2. The van der Waals surface area contributed by atoms with E-state index in [1.165, 1.54) is 0 Å². The molecular weight excluding hydrogens is 487 g/mol. The molecule has 134 valence electrons. The van der Waals surface area contributed by atoms with Gasteiger partial charge < -0.3 is 5.09 Å². The van der Waals surface area contributed by atoms with Crippen LogP contribution in [0.1, 0.15) is 0 Å². The van der Waals surface area contributed by atoms with Gasteiger partial charge in [0.25, 0.3) is 0 Å². The molecule has 0 saturated heterocycles. The lowest BCUT2D eigenvalue weighted by molar-refractivity contribution is 0.590. The van der Waals surface area contributed by atoms with Gasteiger partial charge in [-0.25, -0.2) is 0 Å². The van der Waals surface area contributed by atoms with E-state index in [2.05, 4.69) is 41.9 Å². The summed E-state index contributed by atoms with van der Waals surface area (Å²) in [5.74, 6) is 0. The molecule has 0 saturated carbocycles. The van der Waals surface area contributed by atoms with Crippen LogP contribution >= 0.6 is 39.2 Å². The zero-order chi connectivity index (χ0) is 18.9. The molecule has 0 spiro atoms. The molecule has 27 heavy (non-hydrogen) atoms. The summed E-state index contributed by atoms with van der Waals surface area (Å²) in [7, 11) is -3.12. The summed E-state index contributed by atoms with van der Waals surface area (Å²) in [6.07, 6.45) is 1.75. The summed E-state index contributed by atoms with van der Waals surface area (Å²) >= 11 is 6.90. The molecule has 0 aliphatic carbocycles. The maximum Gasteiger partial charge on any atom is 0.227 e. The Kier molecular flexibility index (Phi) is 5.18. The Labute approximate surface area is 174 Å². The second-order valence-electron chi connectivity index (χ2n) is 6.05. The van der Waals surface area contributed by atoms with E-state index in [-0.39, 0.29) is 0 Å². The molecule has 4 rings (SSSR count). The first-order chi connectivity index (χ1) is 13.1. The highest BCUT2D eigenvalue weighted by Gasteiger charge is 2.28. The largest absolute Gasteiger partial charge is 0.328 e. The van der Waals surface area contributed by atoms with Gasteiger partial charge in [-0.15, -0.1) is 0 Å². The molecular formula is C21H15Br2N2OP. The number of para-hydroxylation sites is 1. The standard InChI is InChI=1S/C21H15Br2N2OP/c22-16-6-10-18(11-7-16)27(26,19-12-8-17(23)9-13-19)25-20-5-1-3-15-4-2-14-24-21(15)20/h1-14H,(H,25,26). The molecule has 1 N–H and O–H groups in total. The second kappa shape index (κ2) is 7.59. The van der Waals surface area contributed by atoms with Crippen molar-refractivity contribution in [3.05, 3.63) is 94.0 Å². The lowest BCUT2D eigenvalue weighted by atomic mass is 10.2. The molecule has 3 nitrogen and oxygen atoms in total. The molecule has 3 aromatic carbocycles. The number of nitrogens with one attached hydrogen (secondary N) is 1. The van der Waals surface area contributed by atoms with Crippen LogP contribution in [-0.2, 0) is 4.57 Å². The third-order valence-electron chi connectivity index (χ3n) is 4.29. The minimum absolute atomic E-state index is 0.737. The van der Waals surface area contributed by atoms with Crippen LogP contribution in [0.25, 0.3) is 10.9 Å². The van der Waals surface area contributed by atoms with Crippen LogP contribution < -0.4 is 15.7 Å². The average molecular weight is 502 g/mol. The summed E-state index contributed by atoms with van der Waals surface area (Å²) in [6, 6.07) is 24.9. The number of hydrogen-bond acceptors (Lipinski definition) is 2. The topological polar surface area (TPSA) is 42.0 Å². The van der Waals surface area contributed by atoms with Crippen LogP contribution in [0.15, 0.2) is 94.0 Å². The summed E-state index contributed by atoms with van der Waals surface area (Å²) in [5.41, 5.74) is 1.55. The first-order valence-corrected chi connectivity index (χ1v) is 11.6. The molecule has 0 fully saturated rings. The fourth-order valence-electron chi connectivity index (χ4n) is 2.94. The maximum atomic E-state index is 14.3. The van der Waals surface area contributed by atoms with Gasteiger partial charge in [0.15, 0.2) is 0 Å². The number of benzene rings is 3. The molecule has 0 aliphatic heterocycles. The Balaban J connectivity index is 1.89. The van der Waals surface area contributed by atoms with E-state index in [1.807, 2.05) is 78.9 Å². The van der Waals surface area contributed by atoms with Gasteiger partial charge in [0.2, 0.25) is 7.29 Å². The van der Waals surface area contributed by atoms with Gasteiger partial charge in [-0.1, -0.05) is 50.1 Å². The Morgan fingerprint density at radius 1 is 0.741 bits per heavy atom. The molecule has 0 bridgehead atoms. The molecule has 1 aromatic heterocycles. The fourth-order valence-corrected chi connectivity index (χ4v) is 5.69. The summed E-state index contributed by atoms with van der Waals surface area (Å²) in [5, 5.41) is 5.81. The monoisotopic (exact) mass is 500 g/mol. The molecule has 0 amide bonds. The number of rotatable bonds is 4. The highest BCUT2D eigenvalue weighted by molar-refractivity contribution is 9.10. The Bertz CT molecular complexity index is 1090. The Hall–Kier alpha value is -1.94. The van der Waals surface area contributed by atoms with Crippen LogP contribution in [0.4, 0.5) is 5.69 Å². The van der Waals surface area contributed by atoms with E-state index < -0.39 is 7.29 Å². The van der Waals surface area contributed by atoms with Crippen molar-refractivity contribution in [3.63, 3.8) is 0 Å². The van der Waals surface area contributed by atoms with Gasteiger partial charge in [0, 0.05) is 31.1 Å². The van der Waals surface area contributed by atoms with E-state index in [0.717, 1.165) is 36.1 Å². The summed E-state index contributed by atoms with van der Waals surface area (Å²) in [6.45, 7) is 0. The number of pyridine rings is 1. The fraction of sp³-hybridized carbons (Fsp3) is 0. The smallest absolute Gasteiger partial charge is 0.227 e. The number of anilines is 1. The number of hydrogen-bond donors (Lipinski definition) is 1. The number of fused-ring (bicyclic) bond motifs is 1. The Morgan fingerprint density at radius 2 is 1.30 bits per heavy atom. The van der Waals surface area contributed by atoms with Gasteiger partial charge in [0.05, 0.1) is 11.2 Å². The SMILES string of the molecule is O=P(Nc1cccc2cccnc12)(c1ccc(Br)cc1)c1ccc(Br)cc1. The first-order valence-electron chi connectivity index (χ1n) is 8.31. The van der Waals surface area contributed by atoms with Crippen molar-refractivity contribution in [1.29, 1.82) is 0 Å². The van der Waals surface area contributed by atoms with Crippen molar-refractivity contribution < 1.29 is 4.57 Å². The number of aromatic nitrogens is 1. The highest BCUT2D eigenvalue weighted by atomic mass is 79.9. The van der Waals surface area contributed by atoms with E-state index in [4.69, 9.17) is 0 Å². The molecule has 0 atom stereocenters. The zero-order valence-corrected chi connectivity index (χ0v) is 18.2. The van der Waals surface area contributed by atoms with Gasteiger partial charge >= 0.3 is 0 Å². The predicted molar refractivity (Wildman–Crippen MR) is 121 cm³/mol. The molecule has 1 heterocycles. The zero-order valence-electron chi connectivity index (χ0n) is 14.1. The third kappa shape index (κ3) is 3.73. The minimum atomic E-state index is -3.12. The van der Waals surface area contributed by atoms with Crippen LogP contribution in [-0.4, -0.2) is 4.98 Å². The van der Waals surface area contributed by atoms with Crippen molar-refractivity contribution >= 4 is 66.4 Å². The van der Waals surface area contributed by atoms with Crippen LogP contribution in [0.5, 0.6) is 0 Å². The third-order valence-corrected chi connectivity index (χ3v) is 7.95. The lowest BCUT2D eigenvalue weighted by Gasteiger charge is -2.22. The van der Waals surface area contributed by atoms with Crippen LogP contribution in [0.2, 0.25) is 0 Å². The van der Waals surface area contributed by atoms with Gasteiger partial charge in [0.1, 0.15) is 0 Å². The van der Waals surface area contributed by atoms with Crippen LogP contribution in [0.3, 0.4) is 0 Å². The second-order valence-corrected chi connectivity index (χ2v) is 10.4. The van der Waals surface area contributed by atoms with Crippen molar-refractivity contribution in [1.82, 2.24) is 4.98 Å². The quantitative estimate of drug-likeness (QED) is 0.343. The van der Waals surface area contributed by atoms with Crippen molar-refractivity contribution in [2.75, 3.05) is 5.09 Å². The Morgan fingerprint density at radius 3 is 1.89 bits per heavy atom. The van der Waals surface area contributed by atoms with Gasteiger partial charge in [-0.05, 0) is 60.7 Å². The van der Waals surface area contributed by atoms with Crippen LogP contribution in [0, 0.1) is 0 Å². The van der Waals surface area contributed by atoms with E-state index in [0.29, 0.717) is 0 Å². The van der Waals surface area contributed by atoms with E-state index in [9.17, 15) is 4.57 Å². The highest BCUT2D eigenvalue weighted by Crippen LogP contribution is 2.45. The molecule has 0 radical (unpaired) electrons. The maximum absolute atomic E-state index is 14.3. The minimum Gasteiger partial charge on any atom is -0.328 e. The molecule has 4 aromatic rings. The number of nitrogens with zero attached hydrogens (tertiary/aromatic N) is 1. The number of halogens is 2. The molecule has 0 aliphatic rings.